The highest BCUT2D eigenvalue weighted by molar-refractivity contribution is 7.80. The van der Waals surface area contributed by atoms with Crippen molar-refractivity contribution in [2.45, 2.75) is 26.3 Å². The Labute approximate surface area is 96.6 Å². The van der Waals surface area contributed by atoms with Crippen molar-refractivity contribution in [3.8, 4) is 5.75 Å². The minimum Gasteiger partial charge on any atom is -0.496 e. The summed E-state index contributed by atoms with van der Waals surface area (Å²) in [5, 5.41) is 3.27. The van der Waals surface area contributed by atoms with Crippen LogP contribution in [0.5, 0.6) is 5.75 Å². The van der Waals surface area contributed by atoms with E-state index in [1.54, 1.807) is 7.11 Å². The SMILES string of the molecule is CC[C@@H](C)NC(=S)c1ccccc1OC. The molecule has 0 fully saturated rings. The molecule has 1 rings (SSSR count). The molecule has 1 aromatic carbocycles. The maximum absolute atomic E-state index is 5.33. The van der Waals surface area contributed by atoms with Gasteiger partial charge in [-0.2, -0.15) is 0 Å². The number of nitrogens with one attached hydrogen (secondary N) is 1. The molecule has 0 aliphatic rings. The Morgan fingerprint density at radius 2 is 2.13 bits per heavy atom. The van der Waals surface area contributed by atoms with Gasteiger partial charge in [0.1, 0.15) is 10.7 Å². The van der Waals surface area contributed by atoms with Crippen LogP contribution in [-0.4, -0.2) is 18.1 Å². The van der Waals surface area contributed by atoms with E-state index in [0.717, 1.165) is 22.7 Å². The van der Waals surface area contributed by atoms with Gasteiger partial charge in [0.15, 0.2) is 0 Å². The molecular formula is C12H17NOS. The Balaban J connectivity index is 2.81. The highest BCUT2D eigenvalue weighted by Gasteiger charge is 2.08. The monoisotopic (exact) mass is 223 g/mol. The summed E-state index contributed by atoms with van der Waals surface area (Å²) in [7, 11) is 1.66. The first-order valence-electron chi connectivity index (χ1n) is 5.13. The molecule has 0 aliphatic carbocycles. The van der Waals surface area contributed by atoms with Gasteiger partial charge in [0.25, 0.3) is 0 Å². The van der Waals surface area contributed by atoms with Gasteiger partial charge in [-0.1, -0.05) is 31.3 Å². The molecule has 2 nitrogen and oxygen atoms in total. The number of ether oxygens (including phenoxy) is 1. The van der Waals surface area contributed by atoms with E-state index < -0.39 is 0 Å². The van der Waals surface area contributed by atoms with Crippen molar-refractivity contribution in [3.05, 3.63) is 29.8 Å². The fourth-order valence-corrected chi connectivity index (χ4v) is 1.61. The van der Waals surface area contributed by atoms with E-state index in [1.807, 2.05) is 24.3 Å². The quantitative estimate of drug-likeness (QED) is 0.793. The van der Waals surface area contributed by atoms with Crippen LogP contribution in [0.3, 0.4) is 0 Å². The molecule has 0 aliphatic heterocycles. The largest absolute Gasteiger partial charge is 0.496 e. The summed E-state index contributed by atoms with van der Waals surface area (Å²) in [4.78, 5) is 0.752. The van der Waals surface area contributed by atoms with Crippen molar-refractivity contribution in [1.29, 1.82) is 0 Å². The van der Waals surface area contributed by atoms with Crippen LogP contribution >= 0.6 is 12.2 Å². The van der Waals surface area contributed by atoms with E-state index in [4.69, 9.17) is 17.0 Å². The molecule has 3 heteroatoms. The molecule has 0 saturated carbocycles. The third-order valence-electron chi connectivity index (χ3n) is 2.34. The first-order valence-corrected chi connectivity index (χ1v) is 5.53. The predicted octanol–water partition coefficient (Wildman–Crippen LogP) is 2.76. The van der Waals surface area contributed by atoms with Crippen LogP contribution in [0.1, 0.15) is 25.8 Å². The fourth-order valence-electron chi connectivity index (χ4n) is 1.24. The van der Waals surface area contributed by atoms with Crippen molar-refractivity contribution in [2.24, 2.45) is 0 Å². The lowest BCUT2D eigenvalue weighted by molar-refractivity contribution is 0.413. The van der Waals surface area contributed by atoms with Crippen molar-refractivity contribution in [2.75, 3.05) is 7.11 Å². The average molecular weight is 223 g/mol. The molecule has 0 bridgehead atoms. The summed E-state index contributed by atoms with van der Waals surface area (Å²) in [6.45, 7) is 4.24. The number of hydrogen-bond acceptors (Lipinski definition) is 2. The molecule has 1 N–H and O–H groups in total. The molecule has 0 unspecified atom stereocenters. The summed E-state index contributed by atoms with van der Waals surface area (Å²) in [5.74, 6) is 0.818. The zero-order valence-electron chi connectivity index (χ0n) is 9.41. The van der Waals surface area contributed by atoms with Crippen LogP contribution in [0, 0.1) is 0 Å². The van der Waals surface area contributed by atoms with Gasteiger partial charge in [-0.05, 0) is 25.5 Å². The van der Waals surface area contributed by atoms with Gasteiger partial charge in [0.05, 0.1) is 12.7 Å². The Kier molecular flexibility index (Phi) is 4.56. The lowest BCUT2D eigenvalue weighted by Gasteiger charge is -2.15. The smallest absolute Gasteiger partial charge is 0.129 e. The fraction of sp³-hybridized carbons (Fsp3) is 0.417. The molecule has 0 aromatic heterocycles. The molecule has 1 aromatic rings. The van der Waals surface area contributed by atoms with Gasteiger partial charge < -0.3 is 10.1 Å². The molecule has 0 amide bonds. The van der Waals surface area contributed by atoms with E-state index in [0.29, 0.717) is 6.04 Å². The lowest BCUT2D eigenvalue weighted by atomic mass is 10.1. The van der Waals surface area contributed by atoms with E-state index >= 15 is 0 Å². The molecule has 82 valence electrons. The van der Waals surface area contributed by atoms with Gasteiger partial charge in [-0.3, -0.25) is 0 Å². The number of thiocarbonyl (C=S) groups is 1. The Morgan fingerprint density at radius 3 is 2.73 bits per heavy atom. The standard InChI is InChI=1S/C12H17NOS/c1-4-9(2)13-12(15)10-7-5-6-8-11(10)14-3/h5-9H,4H2,1-3H3,(H,13,15)/t9-/m1/s1. The van der Waals surface area contributed by atoms with Crippen molar-refractivity contribution in [1.82, 2.24) is 5.32 Å². The molecule has 0 spiro atoms. The van der Waals surface area contributed by atoms with E-state index in [9.17, 15) is 0 Å². The summed E-state index contributed by atoms with van der Waals surface area (Å²) in [5.41, 5.74) is 0.954. The third kappa shape index (κ3) is 3.20. The maximum atomic E-state index is 5.33. The molecule has 0 heterocycles. The van der Waals surface area contributed by atoms with Gasteiger partial charge in [-0.25, -0.2) is 0 Å². The Hall–Kier alpha value is -1.09. The number of benzene rings is 1. The summed E-state index contributed by atoms with van der Waals surface area (Å²) in [6, 6.07) is 8.18. The Morgan fingerprint density at radius 1 is 1.47 bits per heavy atom. The van der Waals surface area contributed by atoms with E-state index in [2.05, 4.69) is 19.2 Å². The highest BCUT2D eigenvalue weighted by Crippen LogP contribution is 2.17. The Bertz CT molecular complexity index is 338. The second kappa shape index (κ2) is 5.71. The van der Waals surface area contributed by atoms with Crippen LogP contribution in [0.15, 0.2) is 24.3 Å². The number of hydrogen-bond donors (Lipinski definition) is 1. The predicted molar refractivity (Wildman–Crippen MR) is 67.6 cm³/mol. The number of methoxy groups -OCH3 is 1. The topological polar surface area (TPSA) is 21.3 Å². The zero-order chi connectivity index (χ0) is 11.3. The van der Waals surface area contributed by atoms with E-state index in [1.165, 1.54) is 0 Å². The average Bonchev–Trinajstić information content (AvgIpc) is 2.28. The first-order chi connectivity index (χ1) is 7.19. The van der Waals surface area contributed by atoms with Crippen LogP contribution in [-0.2, 0) is 0 Å². The zero-order valence-corrected chi connectivity index (χ0v) is 10.2. The van der Waals surface area contributed by atoms with Gasteiger partial charge >= 0.3 is 0 Å². The molecular weight excluding hydrogens is 206 g/mol. The number of para-hydroxylation sites is 1. The van der Waals surface area contributed by atoms with Gasteiger partial charge in [0, 0.05) is 6.04 Å². The lowest BCUT2D eigenvalue weighted by Crippen LogP contribution is -2.31. The first kappa shape index (κ1) is 12.0. The maximum Gasteiger partial charge on any atom is 0.129 e. The van der Waals surface area contributed by atoms with Crippen LogP contribution in [0.4, 0.5) is 0 Å². The van der Waals surface area contributed by atoms with Crippen LogP contribution in [0.2, 0.25) is 0 Å². The molecule has 15 heavy (non-hydrogen) atoms. The summed E-state index contributed by atoms with van der Waals surface area (Å²) >= 11 is 5.33. The second-order valence-electron chi connectivity index (χ2n) is 3.48. The minimum absolute atomic E-state index is 0.391. The van der Waals surface area contributed by atoms with Crippen molar-refractivity contribution >= 4 is 17.2 Å². The number of rotatable bonds is 4. The van der Waals surface area contributed by atoms with Crippen LogP contribution in [0.25, 0.3) is 0 Å². The van der Waals surface area contributed by atoms with Crippen LogP contribution < -0.4 is 10.1 Å². The minimum atomic E-state index is 0.391. The van der Waals surface area contributed by atoms with Crippen molar-refractivity contribution in [3.63, 3.8) is 0 Å². The molecule has 0 saturated heterocycles. The van der Waals surface area contributed by atoms with Gasteiger partial charge in [0.2, 0.25) is 0 Å². The summed E-state index contributed by atoms with van der Waals surface area (Å²) in [6.07, 6.45) is 1.05. The van der Waals surface area contributed by atoms with Crippen molar-refractivity contribution < 1.29 is 4.74 Å². The highest BCUT2D eigenvalue weighted by atomic mass is 32.1. The van der Waals surface area contributed by atoms with E-state index in [-0.39, 0.29) is 0 Å². The molecule has 1 atom stereocenters. The third-order valence-corrected chi connectivity index (χ3v) is 2.68. The normalized spacial score (nSPS) is 11.9. The second-order valence-corrected chi connectivity index (χ2v) is 3.89. The summed E-state index contributed by atoms with van der Waals surface area (Å²) < 4.78 is 5.25. The van der Waals surface area contributed by atoms with Gasteiger partial charge in [-0.15, -0.1) is 0 Å². The molecule has 0 radical (unpaired) electrons.